The van der Waals surface area contributed by atoms with Crippen LogP contribution in [0.25, 0.3) is 0 Å². The van der Waals surface area contributed by atoms with Gasteiger partial charge in [0.2, 0.25) is 26.0 Å². The third-order valence-corrected chi connectivity index (χ3v) is 6.76. The number of hydrogen-bond acceptors (Lipinski definition) is 5. The van der Waals surface area contributed by atoms with Crippen molar-refractivity contribution in [3.05, 3.63) is 24.3 Å². The van der Waals surface area contributed by atoms with Gasteiger partial charge in [-0.1, -0.05) is 6.07 Å². The first-order valence-corrected chi connectivity index (χ1v) is 10.8. The predicted octanol–water partition coefficient (Wildman–Crippen LogP) is 0.298. The maximum Gasteiger partial charge on any atom is 0.243 e. The van der Waals surface area contributed by atoms with Gasteiger partial charge in [-0.25, -0.2) is 16.8 Å². The van der Waals surface area contributed by atoms with Crippen molar-refractivity contribution >= 4 is 31.6 Å². The van der Waals surface area contributed by atoms with E-state index in [0.29, 0.717) is 0 Å². The molecule has 25 heavy (non-hydrogen) atoms. The quantitative estimate of drug-likeness (QED) is 0.617. The lowest BCUT2D eigenvalue weighted by molar-refractivity contribution is -0.122. The van der Waals surface area contributed by atoms with E-state index in [9.17, 15) is 26.0 Å². The Morgan fingerprint density at radius 2 is 1.96 bits per heavy atom. The molecule has 1 aliphatic rings. The first-order chi connectivity index (χ1) is 11.7. The topological polar surface area (TPSA) is 113 Å². The van der Waals surface area contributed by atoms with E-state index in [2.05, 4.69) is 10.0 Å². The van der Waals surface area contributed by atoms with Crippen molar-refractivity contribution < 1.29 is 26.0 Å². The van der Waals surface area contributed by atoms with Crippen LogP contribution in [0.3, 0.4) is 0 Å². The number of anilines is 1. The number of carbonyl (C=O) groups excluding carboxylic acids is 1. The van der Waals surface area contributed by atoms with Gasteiger partial charge in [0.15, 0.2) is 0 Å². The van der Waals surface area contributed by atoms with E-state index in [1.54, 1.807) is 0 Å². The van der Waals surface area contributed by atoms with Gasteiger partial charge in [0, 0.05) is 18.8 Å². The largest absolute Gasteiger partial charge is 0.354 e. The fourth-order valence-corrected chi connectivity index (χ4v) is 4.92. The first-order valence-electron chi connectivity index (χ1n) is 7.68. The molecular weight excluding hydrogens is 373 g/mol. The maximum atomic E-state index is 12.6. The van der Waals surface area contributed by atoms with Crippen LogP contribution in [0.1, 0.15) is 12.8 Å². The van der Waals surface area contributed by atoms with Crippen LogP contribution in [0.15, 0.2) is 29.2 Å². The summed E-state index contributed by atoms with van der Waals surface area (Å²) in [6.45, 7) is -0.500. The molecule has 0 unspecified atom stereocenters. The van der Waals surface area contributed by atoms with Gasteiger partial charge in [0.1, 0.15) is 0 Å². The number of carbonyl (C=O) groups is 1. The van der Waals surface area contributed by atoms with Gasteiger partial charge in [-0.15, -0.1) is 0 Å². The van der Waals surface area contributed by atoms with Crippen LogP contribution in [0.2, 0.25) is 0 Å². The first kappa shape index (κ1) is 19.6. The summed E-state index contributed by atoms with van der Waals surface area (Å²) in [7, 11) is -7.60. The molecule has 2 rings (SSSR count). The lowest BCUT2D eigenvalue weighted by atomic mass is 10.3. The van der Waals surface area contributed by atoms with E-state index in [-0.39, 0.29) is 54.7 Å². The minimum Gasteiger partial charge on any atom is -0.354 e. The second kappa shape index (κ2) is 8.11. The maximum absolute atomic E-state index is 12.6. The van der Waals surface area contributed by atoms with E-state index in [1.807, 2.05) is 0 Å². The van der Waals surface area contributed by atoms with Crippen molar-refractivity contribution in [3.8, 4) is 0 Å². The molecule has 1 aromatic carbocycles. The Balaban J connectivity index is 2.16. The molecule has 2 N–H and O–H groups in total. The van der Waals surface area contributed by atoms with E-state index < -0.39 is 26.7 Å². The zero-order valence-corrected chi connectivity index (χ0v) is 15.1. The van der Waals surface area contributed by atoms with E-state index in [1.165, 1.54) is 24.3 Å². The SMILES string of the molecule is O=C1CN(S(=O)(=O)c2cccc(NS(=O)(=O)CCCCF)c2)CCN1. The summed E-state index contributed by atoms with van der Waals surface area (Å²) in [6, 6.07) is 5.38. The fourth-order valence-electron chi connectivity index (χ4n) is 2.31. The summed E-state index contributed by atoms with van der Waals surface area (Å²) in [5.41, 5.74) is 0.0998. The lowest BCUT2D eigenvalue weighted by Gasteiger charge is -2.26. The zero-order valence-electron chi connectivity index (χ0n) is 13.4. The van der Waals surface area contributed by atoms with Gasteiger partial charge in [-0.05, 0) is 31.0 Å². The highest BCUT2D eigenvalue weighted by Gasteiger charge is 2.29. The van der Waals surface area contributed by atoms with Crippen LogP contribution >= 0.6 is 0 Å². The molecule has 1 fully saturated rings. The molecule has 11 heteroatoms. The number of nitrogens with zero attached hydrogens (tertiary/aromatic N) is 1. The third kappa shape index (κ3) is 5.38. The van der Waals surface area contributed by atoms with Gasteiger partial charge >= 0.3 is 0 Å². The number of sulfonamides is 2. The number of rotatable bonds is 8. The molecule has 0 saturated carbocycles. The Kier molecular flexibility index (Phi) is 6.36. The normalized spacial score (nSPS) is 16.4. The van der Waals surface area contributed by atoms with Crippen LogP contribution in [-0.4, -0.2) is 59.1 Å². The Labute approximate surface area is 146 Å². The highest BCUT2D eigenvalue weighted by molar-refractivity contribution is 7.92. The second-order valence-corrected chi connectivity index (χ2v) is 9.31. The summed E-state index contributed by atoms with van der Waals surface area (Å²) < 4.78 is 64.4. The predicted molar refractivity (Wildman–Crippen MR) is 90.8 cm³/mol. The minimum atomic E-state index is -3.91. The molecule has 0 aliphatic carbocycles. The third-order valence-electron chi connectivity index (χ3n) is 3.55. The van der Waals surface area contributed by atoms with Crippen LogP contribution in [0.4, 0.5) is 10.1 Å². The summed E-state index contributed by atoms with van der Waals surface area (Å²) in [5, 5.41) is 2.54. The van der Waals surface area contributed by atoms with Gasteiger partial charge in [0.05, 0.1) is 23.9 Å². The molecule has 1 saturated heterocycles. The number of alkyl halides is 1. The molecule has 140 valence electrons. The van der Waals surface area contributed by atoms with Gasteiger partial charge in [-0.3, -0.25) is 13.9 Å². The number of benzene rings is 1. The number of amides is 1. The minimum absolute atomic E-state index is 0.0998. The standard InChI is InChI=1S/C14H20FN3O5S2/c15-6-1-2-9-24(20,21)17-12-4-3-5-13(10-12)25(22,23)18-8-7-16-14(19)11-18/h3-5,10,17H,1-2,6-9,11H2,(H,16,19). The number of piperazine rings is 1. The highest BCUT2D eigenvalue weighted by atomic mass is 32.2. The fraction of sp³-hybridized carbons (Fsp3) is 0.500. The average Bonchev–Trinajstić information content (AvgIpc) is 2.55. The number of hydrogen-bond donors (Lipinski definition) is 2. The molecule has 1 aliphatic heterocycles. The molecule has 1 aromatic rings. The number of unbranched alkanes of at least 4 members (excludes halogenated alkanes) is 1. The Bertz CT molecular complexity index is 827. The average molecular weight is 393 g/mol. The van der Waals surface area contributed by atoms with Crippen molar-refractivity contribution in [1.29, 1.82) is 0 Å². The number of halogens is 1. The Morgan fingerprint density at radius 1 is 1.20 bits per heavy atom. The second-order valence-electron chi connectivity index (χ2n) is 5.53. The Hall–Kier alpha value is -1.72. The van der Waals surface area contributed by atoms with Crippen molar-refractivity contribution in [2.24, 2.45) is 0 Å². The van der Waals surface area contributed by atoms with E-state index in [0.717, 1.165) is 4.31 Å². The molecule has 0 bridgehead atoms. The Morgan fingerprint density at radius 3 is 2.64 bits per heavy atom. The van der Waals surface area contributed by atoms with Crippen LogP contribution in [-0.2, 0) is 24.8 Å². The van der Waals surface area contributed by atoms with Crippen molar-refractivity contribution in [1.82, 2.24) is 9.62 Å². The number of nitrogens with one attached hydrogen (secondary N) is 2. The summed E-state index contributed by atoms with van der Waals surface area (Å²) >= 11 is 0. The van der Waals surface area contributed by atoms with Crippen LogP contribution in [0.5, 0.6) is 0 Å². The monoisotopic (exact) mass is 393 g/mol. The van der Waals surface area contributed by atoms with Crippen LogP contribution in [0, 0.1) is 0 Å². The smallest absolute Gasteiger partial charge is 0.243 e. The van der Waals surface area contributed by atoms with Crippen LogP contribution < -0.4 is 10.0 Å². The van der Waals surface area contributed by atoms with E-state index in [4.69, 9.17) is 0 Å². The van der Waals surface area contributed by atoms with Crippen molar-refractivity contribution in [2.75, 3.05) is 36.8 Å². The van der Waals surface area contributed by atoms with Gasteiger partial charge in [-0.2, -0.15) is 4.31 Å². The molecule has 0 spiro atoms. The summed E-state index contributed by atoms with van der Waals surface area (Å²) in [5.74, 6) is -0.639. The van der Waals surface area contributed by atoms with E-state index >= 15 is 0 Å². The molecule has 1 amide bonds. The molecular formula is C14H20FN3O5S2. The van der Waals surface area contributed by atoms with Crippen molar-refractivity contribution in [3.63, 3.8) is 0 Å². The lowest BCUT2D eigenvalue weighted by Crippen LogP contribution is -2.49. The van der Waals surface area contributed by atoms with Gasteiger partial charge in [0.25, 0.3) is 0 Å². The zero-order chi connectivity index (χ0) is 18.5. The molecule has 1 heterocycles. The summed E-state index contributed by atoms with van der Waals surface area (Å²) in [6.07, 6.45) is 0.319. The molecule has 0 radical (unpaired) electrons. The highest BCUT2D eigenvalue weighted by Crippen LogP contribution is 2.21. The van der Waals surface area contributed by atoms with Crippen molar-refractivity contribution in [2.45, 2.75) is 17.7 Å². The molecule has 0 atom stereocenters. The molecule has 8 nitrogen and oxygen atoms in total. The summed E-state index contributed by atoms with van der Waals surface area (Å²) in [4.78, 5) is 11.3. The van der Waals surface area contributed by atoms with Gasteiger partial charge < -0.3 is 5.32 Å². The molecule has 0 aromatic heterocycles.